The van der Waals surface area contributed by atoms with Crippen LogP contribution in [0.25, 0.3) is 0 Å². The fourth-order valence-electron chi connectivity index (χ4n) is 1.97. The lowest BCUT2D eigenvalue weighted by atomic mass is 10.0. The second-order valence-corrected chi connectivity index (χ2v) is 5.76. The molecule has 0 spiro atoms. The van der Waals surface area contributed by atoms with E-state index in [1.54, 1.807) is 6.07 Å². The molecule has 0 heterocycles. The number of ether oxygens (including phenoxy) is 1. The van der Waals surface area contributed by atoms with Crippen LogP contribution >= 0.6 is 15.9 Å². The maximum Gasteiger partial charge on any atom is 0.138 e. The lowest BCUT2D eigenvalue weighted by molar-refractivity contribution is 0.472. The van der Waals surface area contributed by atoms with Gasteiger partial charge in [-0.3, -0.25) is 5.41 Å². The van der Waals surface area contributed by atoms with Gasteiger partial charge in [-0.2, -0.15) is 0 Å². The van der Waals surface area contributed by atoms with Gasteiger partial charge in [-0.1, -0.05) is 48.0 Å². The molecule has 0 aliphatic rings. The van der Waals surface area contributed by atoms with E-state index in [0.29, 0.717) is 17.2 Å². The van der Waals surface area contributed by atoms with Crippen LogP contribution in [0.5, 0.6) is 11.5 Å². The molecule has 2 aromatic rings. The van der Waals surface area contributed by atoms with Crippen LogP contribution in [0, 0.1) is 5.41 Å². The van der Waals surface area contributed by atoms with Gasteiger partial charge in [0.2, 0.25) is 0 Å². The van der Waals surface area contributed by atoms with Crippen molar-refractivity contribution in [3.8, 4) is 11.5 Å². The topological polar surface area (TPSA) is 59.1 Å². The lowest BCUT2D eigenvalue weighted by Gasteiger charge is -2.15. The minimum absolute atomic E-state index is 0.0108. The van der Waals surface area contributed by atoms with Gasteiger partial charge in [-0.15, -0.1) is 0 Å². The zero-order valence-electron chi connectivity index (χ0n) is 11.5. The first-order valence-corrected chi connectivity index (χ1v) is 7.19. The predicted molar refractivity (Wildman–Crippen MR) is 85.8 cm³/mol. The summed E-state index contributed by atoms with van der Waals surface area (Å²) in [7, 11) is 0. The van der Waals surface area contributed by atoms with Crippen LogP contribution < -0.4 is 10.5 Å². The molecule has 0 fully saturated rings. The zero-order chi connectivity index (χ0) is 14.7. The maximum absolute atomic E-state index is 7.65. The van der Waals surface area contributed by atoms with Crippen molar-refractivity contribution in [2.45, 2.75) is 19.8 Å². The van der Waals surface area contributed by atoms with Gasteiger partial charge in [0.15, 0.2) is 0 Å². The molecule has 2 rings (SSSR count). The van der Waals surface area contributed by atoms with Crippen LogP contribution in [-0.4, -0.2) is 5.84 Å². The first kappa shape index (κ1) is 14.6. The van der Waals surface area contributed by atoms with Crippen LogP contribution in [0.2, 0.25) is 0 Å². The van der Waals surface area contributed by atoms with Crippen molar-refractivity contribution in [1.82, 2.24) is 0 Å². The Labute approximate surface area is 127 Å². The Kier molecular flexibility index (Phi) is 4.45. The number of nitrogen functional groups attached to an aromatic ring is 1. The summed E-state index contributed by atoms with van der Waals surface area (Å²) in [5, 5.41) is 7.65. The van der Waals surface area contributed by atoms with Crippen LogP contribution in [0.15, 0.2) is 46.9 Å². The average molecular weight is 333 g/mol. The predicted octanol–water partition coefficient (Wildman–Crippen LogP) is 4.65. The fourth-order valence-corrected chi connectivity index (χ4v) is 2.33. The third kappa shape index (κ3) is 3.20. The van der Waals surface area contributed by atoms with Crippen molar-refractivity contribution in [1.29, 1.82) is 5.41 Å². The summed E-state index contributed by atoms with van der Waals surface area (Å²) in [5.74, 6) is 1.74. The smallest absolute Gasteiger partial charge is 0.138 e. The largest absolute Gasteiger partial charge is 0.456 e. The molecule has 0 saturated heterocycles. The van der Waals surface area contributed by atoms with Gasteiger partial charge in [0, 0.05) is 4.47 Å². The molecule has 0 saturated carbocycles. The fraction of sp³-hybridized carbons (Fsp3) is 0.188. The molecule has 0 unspecified atom stereocenters. The number of amidine groups is 1. The average Bonchev–Trinajstić information content (AvgIpc) is 2.41. The Bertz CT molecular complexity index is 638. The summed E-state index contributed by atoms with van der Waals surface area (Å²) in [6.45, 7) is 4.24. The molecule has 0 bridgehead atoms. The number of hydrogen-bond donors (Lipinski definition) is 2. The monoisotopic (exact) mass is 332 g/mol. The van der Waals surface area contributed by atoms with Crippen molar-refractivity contribution >= 4 is 21.8 Å². The number of benzene rings is 2. The van der Waals surface area contributed by atoms with Crippen molar-refractivity contribution in [3.63, 3.8) is 0 Å². The Morgan fingerprint density at radius 3 is 2.50 bits per heavy atom. The van der Waals surface area contributed by atoms with Crippen molar-refractivity contribution in [3.05, 3.63) is 58.1 Å². The van der Waals surface area contributed by atoms with E-state index in [2.05, 4.69) is 29.8 Å². The third-order valence-electron chi connectivity index (χ3n) is 2.99. The quantitative estimate of drug-likeness (QED) is 0.632. The maximum atomic E-state index is 7.65. The number of halogens is 1. The van der Waals surface area contributed by atoms with E-state index in [-0.39, 0.29) is 5.84 Å². The molecule has 104 valence electrons. The first-order valence-electron chi connectivity index (χ1n) is 6.39. The molecular weight excluding hydrogens is 316 g/mol. The van der Waals surface area contributed by atoms with Gasteiger partial charge < -0.3 is 10.5 Å². The van der Waals surface area contributed by atoms with Crippen LogP contribution in [0.1, 0.15) is 30.9 Å². The second-order valence-electron chi connectivity index (χ2n) is 4.85. The highest BCUT2D eigenvalue weighted by Gasteiger charge is 2.12. The summed E-state index contributed by atoms with van der Waals surface area (Å²) in [6.07, 6.45) is 0. The van der Waals surface area contributed by atoms with E-state index >= 15 is 0 Å². The highest BCUT2D eigenvalue weighted by atomic mass is 79.9. The highest BCUT2D eigenvalue weighted by molar-refractivity contribution is 9.10. The molecule has 0 radical (unpaired) electrons. The number of nitrogens with one attached hydrogen (secondary N) is 1. The van der Waals surface area contributed by atoms with Crippen LogP contribution in [0.3, 0.4) is 0 Å². The van der Waals surface area contributed by atoms with Crippen LogP contribution in [0.4, 0.5) is 0 Å². The van der Waals surface area contributed by atoms with Gasteiger partial charge in [-0.25, -0.2) is 0 Å². The van der Waals surface area contributed by atoms with Crippen molar-refractivity contribution < 1.29 is 4.74 Å². The van der Waals surface area contributed by atoms with Gasteiger partial charge in [-0.05, 0) is 35.7 Å². The third-order valence-corrected chi connectivity index (χ3v) is 3.49. The second kappa shape index (κ2) is 6.09. The normalized spacial score (nSPS) is 10.6. The molecule has 0 aliphatic carbocycles. The minimum atomic E-state index is -0.0108. The zero-order valence-corrected chi connectivity index (χ0v) is 13.1. The number of rotatable bonds is 4. The van der Waals surface area contributed by atoms with E-state index in [1.165, 1.54) is 0 Å². The lowest BCUT2D eigenvalue weighted by Crippen LogP contribution is -2.12. The standard InChI is InChI=1S/C16H17BrN2O/c1-10(2)12-5-3-4-6-14(12)20-15-8-7-11(17)9-13(15)16(18)19/h3-10H,1-2H3,(H3,18,19). The summed E-state index contributed by atoms with van der Waals surface area (Å²) < 4.78 is 6.84. The molecule has 3 N–H and O–H groups in total. The minimum Gasteiger partial charge on any atom is -0.456 e. The molecule has 4 heteroatoms. The van der Waals surface area contributed by atoms with E-state index in [4.69, 9.17) is 15.9 Å². The molecule has 0 aliphatic heterocycles. The number of para-hydroxylation sites is 1. The summed E-state index contributed by atoms with van der Waals surface area (Å²) in [6, 6.07) is 13.4. The van der Waals surface area contributed by atoms with Gasteiger partial charge in [0.05, 0.1) is 5.56 Å². The molecule has 0 aromatic heterocycles. The first-order chi connectivity index (χ1) is 9.49. The number of nitrogens with two attached hydrogens (primary N) is 1. The Morgan fingerprint density at radius 1 is 1.15 bits per heavy atom. The van der Waals surface area contributed by atoms with E-state index in [1.807, 2.05) is 36.4 Å². The molecule has 20 heavy (non-hydrogen) atoms. The van der Waals surface area contributed by atoms with Crippen LogP contribution in [-0.2, 0) is 0 Å². The Balaban J connectivity index is 2.43. The molecule has 3 nitrogen and oxygen atoms in total. The Hall–Kier alpha value is -1.81. The SMILES string of the molecule is CC(C)c1ccccc1Oc1ccc(Br)cc1C(=N)N. The molecule has 2 aromatic carbocycles. The van der Waals surface area contributed by atoms with Gasteiger partial charge in [0.25, 0.3) is 0 Å². The summed E-state index contributed by atoms with van der Waals surface area (Å²) in [4.78, 5) is 0. The van der Waals surface area contributed by atoms with E-state index in [0.717, 1.165) is 15.8 Å². The Morgan fingerprint density at radius 2 is 1.85 bits per heavy atom. The van der Waals surface area contributed by atoms with E-state index < -0.39 is 0 Å². The molecular formula is C16H17BrN2O. The van der Waals surface area contributed by atoms with Gasteiger partial charge >= 0.3 is 0 Å². The summed E-state index contributed by atoms with van der Waals surface area (Å²) >= 11 is 3.38. The number of hydrogen-bond acceptors (Lipinski definition) is 2. The van der Waals surface area contributed by atoms with Crippen molar-refractivity contribution in [2.24, 2.45) is 5.73 Å². The van der Waals surface area contributed by atoms with Gasteiger partial charge in [0.1, 0.15) is 17.3 Å². The molecule has 0 atom stereocenters. The van der Waals surface area contributed by atoms with Crippen molar-refractivity contribution in [2.75, 3.05) is 0 Å². The molecule has 0 amide bonds. The highest BCUT2D eigenvalue weighted by Crippen LogP contribution is 2.32. The van der Waals surface area contributed by atoms with E-state index in [9.17, 15) is 0 Å². The summed E-state index contributed by atoms with van der Waals surface area (Å²) in [5.41, 5.74) is 7.33.